The van der Waals surface area contributed by atoms with Crippen molar-refractivity contribution in [3.63, 3.8) is 0 Å². The first-order valence-electron chi connectivity index (χ1n) is 7.27. The second-order valence-electron chi connectivity index (χ2n) is 5.42. The van der Waals surface area contributed by atoms with Crippen LogP contribution in [0.25, 0.3) is 0 Å². The molecule has 21 heavy (non-hydrogen) atoms. The minimum absolute atomic E-state index is 0.0621. The van der Waals surface area contributed by atoms with E-state index >= 15 is 0 Å². The van der Waals surface area contributed by atoms with Gasteiger partial charge in [-0.2, -0.15) is 0 Å². The van der Waals surface area contributed by atoms with Crippen molar-refractivity contribution in [2.24, 2.45) is 5.41 Å². The maximum absolute atomic E-state index is 12.5. The van der Waals surface area contributed by atoms with Gasteiger partial charge in [-0.15, -0.1) is 6.58 Å². The van der Waals surface area contributed by atoms with E-state index in [1.165, 1.54) is 6.08 Å². The molecule has 0 aromatic heterocycles. The van der Waals surface area contributed by atoms with Crippen molar-refractivity contribution < 1.29 is 24.2 Å². The first kappa shape index (κ1) is 17.7. The van der Waals surface area contributed by atoms with Crippen LogP contribution in [0.2, 0.25) is 0 Å². The quantitative estimate of drug-likeness (QED) is 0.470. The Morgan fingerprint density at radius 2 is 2.10 bits per heavy atom. The molecular weight excluding hydrogens is 274 g/mol. The van der Waals surface area contributed by atoms with Gasteiger partial charge in [-0.3, -0.25) is 4.79 Å². The van der Waals surface area contributed by atoms with Gasteiger partial charge in [-0.05, 0) is 19.3 Å². The van der Waals surface area contributed by atoms with E-state index in [2.05, 4.69) is 11.9 Å². The number of amides is 1. The maximum Gasteiger partial charge on any atom is 0.328 e. The highest BCUT2D eigenvalue weighted by Gasteiger charge is 2.41. The number of carboxylic acids is 1. The molecule has 120 valence electrons. The number of rotatable bonds is 10. The van der Waals surface area contributed by atoms with Gasteiger partial charge in [0.25, 0.3) is 0 Å². The summed E-state index contributed by atoms with van der Waals surface area (Å²) in [4.78, 5) is 23.7. The lowest BCUT2D eigenvalue weighted by molar-refractivity contribution is -0.145. The molecule has 0 saturated heterocycles. The standard InChI is InChI=1S/C15H25NO5/c1-3-9-21-11-12(13(17)18)16-14(19)15(8-10-20-2)6-4-5-7-15/h3,12H,1,4-11H2,2H3,(H,16,19)(H,17,18). The van der Waals surface area contributed by atoms with Crippen molar-refractivity contribution >= 4 is 11.9 Å². The van der Waals surface area contributed by atoms with Gasteiger partial charge in [0, 0.05) is 13.7 Å². The number of ether oxygens (including phenoxy) is 2. The molecule has 0 radical (unpaired) electrons. The highest BCUT2D eigenvalue weighted by Crippen LogP contribution is 2.41. The van der Waals surface area contributed by atoms with Gasteiger partial charge in [0.15, 0.2) is 6.04 Å². The maximum atomic E-state index is 12.5. The first-order valence-corrected chi connectivity index (χ1v) is 7.27. The van der Waals surface area contributed by atoms with Gasteiger partial charge in [-0.25, -0.2) is 4.79 Å². The zero-order chi connectivity index (χ0) is 15.7. The van der Waals surface area contributed by atoms with Crippen LogP contribution in [0, 0.1) is 5.41 Å². The van der Waals surface area contributed by atoms with E-state index in [4.69, 9.17) is 9.47 Å². The Morgan fingerprint density at radius 1 is 1.43 bits per heavy atom. The summed E-state index contributed by atoms with van der Waals surface area (Å²) in [7, 11) is 1.60. The Morgan fingerprint density at radius 3 is 2.62 bits per heavy atom. The van der Waals surface area contributed by atoms with Crippen molar-refractivity contribution in [3.8, 4) is 0 Å². The SMILES string of the molecule is C=CCOCC(NC(=O)C1(CCOC)CCCC1)C(=O)O. The monoisotopic (exact) mass is 299 g/mol. The van der Waals surface area contributed by atoms with Crippen LogP contribution in [0.1, 0.15) is 32.1 Å². The average molecular weight is 299 g/mol. The highest BCUT2D eigenvalue weighted by atomic mass is 16.5. The number of nitrogens with one attached hydrogen (secondary N) is 1. The Bertz CT molecular complexity index is 363. The Labute approximate surface area is 125 Å². The van der Waals surface area contributed by atoms with Crippen LogP contribution in [-0.2, 0) is 19.1 Å². The second-order valence-corrected chi connectivity index (χ2v) is 5.42. The number of carbonyl (C=O) groups excluding carboxylic acids is 1. The molecular formula is C15H25NO5. The molecule has 1 aliphatic rings. The normalized spacial score (nSPS) is 18.1. The highest BCUT2D eigenvalue weighted by molar-refractivity contribution is 5.87. The van der Waals surface area contributed by atoms with E-state index in [1.807, 2.05) is 0 Å². The molecule has 6 nitrogen and oxygen atoms in total. The summed E-state index contributed by atoms with van der Waals surface area (Å²) in [6.07, 6.45) is 5.70. The lowest BCUT2D eigenvalue weighted by Gasteiger charge is -2.29. The molecule has 1 aliphatic carbocycles. The van der Waals surface area contributed by atoms with E-state index in [1.54, 1.807) is 7.11 Å². The number of carbonyl (C=O) groups is 2. The van der Waals surface area contributed by atoms with Crippen LogP contribution in [0.15, 0.2) is 12.7 Å². The van der Waals surface area contributed by atoms with Crippen molar-refractivity contribution in [3.05, 3.63) is 12.7 Å². The summed E-state index contributed by atoms with van der Waals surface area (Å²) in [5.74, 6) is -1.29. The fourth-order valence-corrected chi connectivity index (χ4v) is 2.70. The van der Waals surface area contributed by atoms with Gasteiger partial charge < -0.3 is 19.9 Å². The van der Waals surface area contributed by atoms with E-state index in [-0.39, 0.29) is 19.1 Å². The van der Waals surface area contributed by atoms with Crippen LogP contribution < -0.4 is 5.32 Å². The van der Waals surface area contributed by atoms with E-state index in [0.717, 1.165) is 25.7 Å². The van der Waals surface area contributed by atoms with Gasteiger partial charge in [0.05, 0.1) is 18.6 Å². The summed E-state index contributed by atoms with van der Waals surface area (Å²) in [6.45, 7) is 4.19. The number of hydrogen-bond acceptors (Lipinski definition) is 4. The molecule has 0 spiro atoms. The molecule has 0 aliphatic heterocycles. The summed E-state index contributed by atoms with van der Waals surface area (Å²) in [5, 5.41) is 11.8. The van der Waals surface area contributed by atoms with E-state index < -0.39 is 17.4 Å². The molecule has 1 unspecified atom stereocenters. The second kappa shape index (κ2) is 8.79. The molecule has 1 atom stereocenters. The van der Waals surface area contributed by atoms with Crippen LogP contribution in [0.3, 0.4) is 0 Å². The fourth-order valence-electron chi connectivity index (χ4n) is 2.70. The zero-order valence-electron chi connectivity index (χ0n) is 12.6. The molecule has 1 amide bonds. The smallest absolute Gasteiger partial charge is 0.328 e. The third-order valence-electron chi connectivity index (χ3n) is 3.95. The van der Waals surface area contributed by atoms with Crippen LogP contribution in [0.5, 0.6) is 0 Å². The third kappa shape index (κ3) is 5.13. The van der Waals surface area contributed by atoms with Crippen molar-refractivity contribution in [1.29, 1.82) is 0 Å². The molecule has 0 aromatic rings. The average Bonchev–Trinajstić information content (AvgIpc) is 2.94. The fraction of sp³-hybridized carbons (Fsp3) is 0.733. The van der Waals surface area contributed by atoms with Crippen molar-refractivity contribution in [2.75, 3.05) is 26.9 Å². The van der Waals surface area contributed by atoms with Crippen LogP contribution in [0.4, 0.5) is 0 Å². The van der Waals surface area contributed by atoms with E-state index in [9.17, 15) is 14.7 Å². The predicted molar refractivity (Wildman–Crippen MR) is 78.0 cm³/mol. The largest absolute Gasteiger partial charge is 0.480 e. The first-order chi connectivity index (χ1) is 10.1. The number of aliphatic carboxylic acids is 1. The Hall–Kier alpha value is -1.40. The minimum Gasteiger partial charge on any atom is -0.480 e. The molecule has 0 aromatic carbocycles. The summed E-state index contributed by atoms with van der Waals surface area (Å²) >= 11 is 0. The van der Waals surface area contributed by atoms with Crippen LogP contribution in [-0.4, -0.2) is 50.0 Å². The number of carboxylic acid groups (broad SMARTS) is 1. The summed E-state index contributed by atoms with van der Waals surface area (Å²) < 4.78 is 10.2. The molecule has 1 fully saturated rings. The van der Waals surface area contributed by atoms with Crippen molar-refractivity contribution in [1.82, 2.24) is 5.32 Å². The van der Waals surface area contributed by atoms with Crippen LogP contribution >= 0.6 is 0 Å². The minimum atomic E-state index is -1.09. The molecule has 1 rings (SSSR count). The Kier molecular flexibility index (Phi) is 7.39. The zero-order valence-corrected chi connectivity index (χ0v) is 12.6. The lowest BCUT2D eigenvalue weighted by Crippen LogP contribution is -2.50. The van der Waals surface area contributed by atoms with Gasteiger partial charge in [0.1, 0.15) is 0 Å². The van der Waals surface area contributed by atoms with Gasteiger partial charge in [0.2, 0.25) is 5.91 Å². The van der Waals surface area contributed by atoms with Gasteiger partial charge >= 0.3 is 5.97 Å². The topological polar surface area (TPSA) is 84.9 Å². The summed E-state index contributed by atoms with van der Waals surface area (Å²) in [6, 6.07) is -1.03. The number of methoxy groups -OCH3 is 1. The van der Waals surface area contributed by atoms with Crippen molar-refractivity contribution in [2.45, 2.75) is 38.1 Å². The summed E-state index contributed by atoms with van der Waals surface area (Å²) in [5.41, 5.74) is -0.498. The number of hydrogen-bond donors (Lipinski definition) is 2. The predicted octanol–water partition coefficient (Wildman–Crippen LogP) is 1.36. The molecule has 0 heterocycles. The van der Waals surface area contributed by atoms with E-state index in [0.29, 0.717) is 13.0 Å². The Balaban J connectivity index is 2.64. The molecule has 1 saturated carbocycles. The molecule has 6 heteroatoms. The molecule has 0 bridgehead atoms. The molecule has 2 N–H and O–H groups in total. The van der Waals surface area contributed by atoms with Gasteiger partial charge in [-0.1, -0.05) is 18.9 Å². The lowest BCUT2D eigenvalue weighted by atomic mass is 9.81. The third-order valence-corrected chi connectivity index (χ3v) is 3.95.